The van der Waals surface area contributed by atoms with Gasteiger partial charge in [-0.2, -0.15) is 0 Å². The quantitative estimate of drug-likeness (QED) is 0.0873. The van der Waals surface area contributed by atoms with Crippen LogP contribution in [0.1, 0.15) is 61.8 Å². The van der Waals surface area contributed by atoms with Crippen molar-refractivity contribution in [3.8, 4) is 5.75 Å². The Kier molecular flexibility index (Phi) is 12.1. The van der Waals surface area contributed by atoms with Gasteiger partial charge in [0.25, 0.3) is 5.91 Å². The number of carbonyl (C=O) groups is 4. The summed E-state index contributed by atoms with van der Waals surface area (Å²) in [4.78, 5) is 64.9. The molecule has 17 nitrogen and oxygen atoms in total. The number of nitrogens with zero attached hydrogens (tertiary/aromatic N) is 6. The summed E-state index contributed by atoms with van der Waals surface area (Å²) in [6.07, 6.45) is 5.73. The molecule has 8 N–H and O–H groups in total. The molecule has 4 aromatic rings. The van der Waals surface area contributed by atoms with E-state index in [4.69, 9.17) is 26.7 Å². The zero-order chi connectivity index (χ0) is 40.0. The molecule has 2 aromatic carbocycles. The van der Waals surface area contributed by atoms with Gasteiger partial charge >= 0.3 is 6.09 Å². The number of nitrogen functional groups attached to an aromatic ring is 1. The van der Waals surface area contributed by atoms with Crippen molar-refractivity contribution in [2.75, 3.05) is 44.3 Å². The number of fused-ring (bicyclic) bond motifs is 2. The van der Waals surface area contributed by atoms with Crippen LogP contribution in [0, 0.1) is 5.92 Å². The third kappa shape index (κ3) is 9.59. The van der Waals surface area contributed by atoms with Gasteiger partial charge in [-0.1, -0.05) is 12.2 Å². The number of ether oxygens (including phenoxy) is 2. The molecule has 55 heavy (non-hydrogen) atoms. The van der Waals surface area contributed by atoms with E-state index in [2.05, 4.69) is 25.6 Å². The summed E-state index contributed by atoms with van der Waals surface area (Å²) in [6.45, 7) is 11.6. The minimum Gasteiger partial charge on any atom is -0.491 e. The Labute approximate surface area is 318 Å². The number of nitrogens with one attached hydrogen (secondary N) is 2. The van der Waals surface area contributed by atoms with Crippen LogP contribution in [-0.4, -0.2) is 92.4 Å². The zero-order valence-electron chi connectivity index (χ0n) is 32.0. The number of aromatic nitrogens is 4. The van der Waals surface area contributed by atoms with Crippen molar-refractivity contribution in [2.24, 2.45) is 22.4 Å². The number of imidazole rings is 2. The number of hydrogen-bond donors (Lipinski definition) is 5. The predicted molar refractivity (Wildman–Crippen MR) is 211 cm³/mol. The van der Waals surface area contributed by atoms with Crippen LogP contribution in [0.4, 0.5) is 16.7 Å². The molecule has 5 rings (SSSR count). The average Bonchev–Trinajstić information content (AvgIpc) is 3.60. The Balaban J connectivity index is 1.35. The van der Waals surface area contributed by atoms with Gasteiger partial charge in [0.05, 0.1) is 23.2 Å². The van der Waals surface area contributed by atoms with Gasteiger partial charge in [-0.05, 0) is 83.4 Å². The number of benzene rings is 2. The van der Waals surface area contributed by atoms with Gasteiger partial charge in [0.2, 0.25) is 23.7 Å². The first-order chi connectivity index (χ1) is 26.1. The standard InChI is InChI=1S/C38H49N11O6/c1-7-43-28(16-22(2)42-6)34(52)46-36-45-26-17-24(32(39)50)10-11-29(26)48(36)13-8-9-14-49-31-27(44-35(49)41)18-25(33(40)51)19-30(31)54-15-12-23-20-47(21-23)37(53)55-38(3,4)5/h8-11,16-19,23,42H,7,12-15,20-21H2,1-6H3,(H2,39,50)(H2,40,51)(H2,41,44)(H,45,46,52)/b9-8+,22-16-,43-28?. The van der Waals surface area contributed by atoms with Crippen LogP contribution in [0.2, 0.25) is 0 Å². The van der Waals surface area contributed by atoms with E-state index in [-0.39, 0.29) is 53.8 Å². The van der Waals surface area contributed by atoms with Crippen LogP contribution in [0.15, 0.2) is 59.2 Å². The van der Waals surface area contributed by atoms with E-state index in [0.717, 1.165) is 5.70 Å². The second kappa shape index (κ2) is 16.7. The maximum Gasteiger partial charge on any atom is 0.410 e. The van der Waals surface area contributed by atoms with Gasteiger partial charge in [0.1, 0.15) is 22.6 Å². The maximum atomic E-state index is 13.4. The Morgan fingerprint density at radius 3 is 2.29 bits per heavy atom. The molecule has 0 aliphatic carbocycles. The Morgan fingerprint density at radius 1 is 0.982 bits per heavy atom. The minimum absolute atomic E-state index is 0.200. The highest BCUT2D eigenvalue weighted by Gasteiger charge is 2.33. The van der Waals surface area contributed by atoms with E-state index in [1.807, 2.05) is 46.8 Å². The summed E-state index contributed by atoms with van der Waals surface area (Å²) in [5.74, 6) is -0.612. The molecule has 4 amide bonds. The third-order valence-electron chi connectivity index (χ3n) is 8.82. The molecule has 0 radical (unpaired) electrons. The van der Waals surface area contributed by atoms with E-state index in [9.17, 15) is 19.2 Å². The lowest BCUT2D eigenvalue weighted by Gasteiger charge is -2.39. The van der Waals surface area contributed by atoms with Gasteiger partial charge in [0.15, 0.2) is 0 Å². The number of carbonyl (C=O) groups excluding carboxylic acids is 4. The molecule has 1 aliphatic heterocycles. The number of primary amides is 2. The molecular formula is C38H49N11O6. The Hall–Kier alpha value is -6.39. The Morgan fingerprint density at radius 2 is 1.65 bits per heavy atom. The molecule has 3 heterocycles. The predicted octanol–water partition coefficient (Wildman–Crippen LogP) is 3.58. The van der Waals surface area contributed by atoms with Crippen LogP contribution in [0.5, 0.6) is 5.75 Å². The second-order valence-electron chi connectivity index (χ2n) is 14.2. The molecule has 0 spiro atoms. The third-order valence-corrected chi connectivity index (χ3v) is 8.82. The van der Waals surface area contributed by atoms with Gasteiger partial charge < -0.3 is 46.0 Å². The normalized spacial score (nSPS) is 14.0. The van der Waals surface area contributed by atoms with Crippen LogP contribution >= 0.6 is 0 Å². The van der Waals surface area contributed by atoms with Crippen molar-refractivity contribution in [3.63, 3.8) is 0 Å². The number of hydrogen-bond acceptors (Lipinski definition) is 11. The first kappa shape index (κ1) is 39.8. The lowest BCUT2D eigenvalue weighted by atomic mass is 9.97. The van der Waals surface area contributed by atoms with Crippen LogP contribution in [-0.2, 0) is 22.6 Å². The van der Waals surface area contributed by atoms with Crippen molar-refractivity contribution in [2.45, 2.75) is 59.7 Å². The van der Waals surface area contributed by atoms with E-state index >= 15 is 0 Å². The van der Waals surface area contributed by atoms with Crippen molar-refractivity contribution in [1.82, 2.24) is 29.3 Å². The number of amides is 4. The average molecular weight is 756 g/mol. The fourth-order valence-corrected chi connectivity index (χ4v) is 5.97. The smallest absolute Gasteiger partial charge is 0.410 e. The number of rotatable bonds is 15. The Bertz CT molecular complexity index is 2200. The summed E-state index contributed by atoms with van der Waals surface area (Å²) < 4.78 is 15.2. The van der Waals surface area contributed by atoms with Crippen LogP contribution in [0.25, 0.3) is 22.1 Å². The highest BCUT2D eigenvalue weighted by atomic mass is 16.6. The van der Waals surface area contributed by atoms with E-state index in [1.54, 1.807) is 57.5 Å². The maximum absolute atomic E-state index is 13.4. The molecule has 292 valence electrons. The second-order valence-corrected chi connectivity index (χ2v) is 14.2. The molecule has 0 bridgehead atoms. The van der Waals surface area contributed by atoms with E-state index < -0.39 is 23.3 Å². The largest absolute Gasteiger partial charge is 0.491 e. The van der Waals surface area contributed by atoms with Gasteiger partial charge in [-0.15, -0.1) is 0 Å². The van der Waals surface area contributed by atoms with E-state index in [0.29, 0.717) is 60.5 Å². The fraction of sp³-hybridized carbons (Fsp3) is 0.395. The van der Waals surface area contributed by atoms with Crippen LogP contribution in [0.3, 0.4) is 0 Å². The highest BCUT2D eigenvalue weighted by molar-refractivity contribution is 6.47. The van der Waals surface area contributed by atoms with Crippen molar-refractivity contribution >= 4 is 63.5 Å². The van der Waals surface area contributed by atoms with Gasteiger partial charge in [-0.3, -0.25) is 24.7 Å². The van der Waals surface area contributed by atoms with Gasteiger partial charge in [-0.25, -0.2) is 14.8 Å². The summed E-state index contributed by atoms with van der Waals surface area (Å²) in [7, 11) is 1.75. The lowest BCUT2D eigenvalue weighted by molar-refractivity contribution is -0.110. The first-order valence-corrected chi connectivity index (χ1v) is 18.0. The lowest BCUT2D eigenvalue weighted by Crippen LogP contribution is -2.51. The molecule has 0 saturated carbocycles. The number of allylic oxidation sites excluding steroid dienone is 3. The van der Waals surface area contributed by atoms with Crippen LogP contribution < -0.4 is 32.6 Å². The highest BCUT2D eigenvalue weighted by Crippen LogP contribution is 2.31. The monoisotopic (exact) mass is 755 g/mol. The van der Waals surface area contributed by atoms with E-state index in [1.165, 1.54) is 0 Å². The number of aliphatic imine (C=N–C) groups is 1. The summed E-state index contributed by atoms with van der Waals surface area (Å²) in [6, 6.07) is 8.04. The van der Waals surface area contributed by atoms with Crippen molar-refractivity contribution in [1.29, 1.82) is 0 Å². The summed E-state index contributed by atoms with van der Waals surface area (Å²) in [5, 5.41) is 5.86. The molecule has 0 atom stereocenters. The molecule has 17 heteroatoms. The molecule has 0 unspecified atom stereocenters. The van der Waals surface area contributed by atoms with Crippen molar-refractivity contribution < 1.29 is 28.7 Å². The summed E-state index contributed by atoms with van der Waals surface area (Å²) in [5.41, 5.74) is 20.6. The van der Waals surface area contributed by atoms with Crippen molar-refractivity contribution in [3.05, 3.63) is 65.4 Å². The molecule has 1 saturated heterocycles. The van der Waals surface area contributed by atoms with Gasteiger partial charge in [0, 0.05) is 56.6 Å². The molecule has 1 fully saturated rings. The minimum atomic E-state index is -0.633. The SMILES string of the molecule is CCN=C(/C=C(/C)NC)C(=O)Nc1nc2cc(C(N)=O)ccc2n1C/C=C/Cn1c(N)nc2cc(C(N)=O)cc(OCCC3CN(C(=O)OC(C)(C)C)C3)c21. The first-order valence-electron chi connectivity index (χ1n) is 18.0. The number of anilines is 2. The molecular weight excluding hydrogens is 706 g/mol. The summed E-state index contributed by atoms with van der Waals surface area (Å²) >= 11 is 0. The zero-order valence-corrected chi connectivity index (χ0v) is 32.0. The molecule has 1 aliphatic rings. The number of nitrogens with two attached hydrogens (primary N) is 3. The topological polar surface area (TPSA) is 240 Å². The molecule has 2 aromatic heterocycles. The fourth-order valence-electron chi connectivity index (χ4n) is 5.97. The number of likely N-dealkylation sites (tertiary alicyclic amines) is 1.